The lowest BCUT2D eigenvalue weighted by molar-refractivity contribution is 0.0751. The highest BCUT2D eigenvalue weighted by molar-refractivity contribution is 9.10. The number of halogens is 1. The van der Waals surface area contributed by atoms with Crippen molar-refractivity contribution in [3.8, 4) is 0 Å². The highest BCUT2D eigenvalue weighted by atomic mass is 79.9. The number of carbonyl (C=O) groups is 1. The van der Waals surface area contributed by atoms with Crippen molar-refractivity contribution in [2.45, 2.75) is 6.92 Å². The average Bonchev–Trinajstić information content (AvgIpc) is 3.00. The van der Waals surface area contributed by atoms with Gasteiger partial charge in [0.05, 0.1) is 4.88 Å². The number of thiophene rings is 1. The zero-order valence-electron chi connectivity index (χ0n) is 14.0. The maximum Gasteiger partial charge on any atom is 0.264 e. The standard InChI is InChI=1S/C16H20BrN5OS/c1-11-18-14(20(2)3)9-15(19-11)21-4-6-22(7-5-21)16(23)13-8-12(17)10-24-13/h8-10H,4-7H2,1-3H3. The van der Waals surface area contributed by atoms with Gasteiger partial charge in [-0.1, -0.05) is 0 Å². The van der Waals surface area contributed by atoms with Gasteiger partial charge in [-0.3, -0.25) is 4.79 Å². The Morgan fingerprint density at radius 1 is 1.21 bits per heavy atom. The molecule has 0 saturated carbocycles. The Labute approximate surface area is 154 Å². The van der Waals surface area contributed by atoms with Gasteiger partial charge in [0.25, 0.3) is 5.91 Å². The second-order valence-corrected chi connectivity index (χ2v) is 7.76. The summed E-state index contributed by atoms with van der Waals surface area (Å²) < 4.78 is 0.960. The average molecular weight is 410 g/mol. The van der Waals surface area contributed by atoms with Crippen LogP contribution in [-0.2, 0) is 0 Å². The Kier molecular flexibility index (Phi) is 5.05. The normalized spacial score (nSPS) is 14.8. The van der Waals surface area contributed by atoms with Gasteiger partial charge in [-0.15, -0.1) is 11.3 Å². The number of hydrogen-bond donors (Lipinski definition) is 0. The Hall–Kier alpha value is -1.67. The molecule has 0 spiro atoms. The minimum absolute atomic E-state index is 0.109. The van der Waals surface area contributed by atoms with Crippen LogP contribution >= 0.6 is 27.3 Å². The Balaban J connectivity index is 1.68. The molecule has 3 rings (SSSR count). The van der Waals surface area contributed by atoms with Gasteiger partial charge in [-0.05, 0) is 28.9 Å². The fraction of sp³-hybridized carbons (Fsp3) is 0.438. The van der Waals surface area contributed by atoms with Crippen molar-refractivity contribution in [2.75, 3.05) is 50.1 Å². The molecule has 1 amide bonds. The summed E-state index contributed by atoms with van der Waals surface area (Å²) >= 11 is 4.88. The summed E-state index contributed by atoms with van der Waals surface area (Å²) in [5.74, 6) is 2.70. The van der Waals surface area contributed by atoms with E-state index in [0.29, 0.717) is 13.1 Å². The first-order valence-electron chi connectivity index (χ1n) is 7.75. The van der Waals surface area contributed by atoms with E-state index in [1.165, 1.54) is 11.3 Å². The van der Waals surface area contributed by atoms with Crippen LogP contribution in [0.2, 0.25) is 0 Å². The predicted octanol–water partition coefficient (Wildman–Crippen LogP) is 2.64. The maximum absolute atomic E-state index is 12.5. The third-order valence-electron chi connectivity index (χ3n) is 3.94. The second kappa shape index (κ2) is 7.06. The predicted molar refractivity (Wildman–Crippen MR) is 101 cm³/mol. The van der Waals surface area contributed by atoms with E-state index in [-0.39, 0.29) is 5.91 Å². The van der Waals surface area contributed by atoms with Crippen LogP contribution in [0.25, 0.3) is 0 Å². The molecule has 6 nitrogen and oxygen atoms in total. The summed E-state index contributed by atoms with van der Waals surface area (Å²) in [4.78, 5) is 28.4. The van der Waals surface area contributed by atoms with Crippen molar-refractivity contribution in [3.05, 3.63) is 32.7 Å². The monoisotopic (exact) mass is 409 g/mol. The smallest absolute Gasteiger partial charge is 0.264 e. The van der Waals surface area contributed by atoms with Crippen LogP contribution in [0.4, 0.5) is 11.6 Å². The Morgan fingerprint density at radius 3 is 2.50 bits per heavy atom. The molecule has 128 valence electrons. The topological polar surface area (TPSA) is 52.6 Å². The zero-order chi connectivity index (χ0) is 17.3. The number of carbonyl (C=O) groups excluding carboxylic acids is 1. The van der Waals surface area contributed by atoms with Gasteiger partial charge in [0.1, 0.15) is 17.5 Å². The van der Waals surface area contributed by atoms with E-state index in [1.54, 1.807) is 0 Å². The van der Waals surface area contributed by atoms with Crippen LogP contribution < -0.4 is 9.80 Å². The molecule has 0 N–H and O–H groups in total. The fourth-order valence-corrected chi connectivity index (χ4v) is 4.04. The largest absolute Gasteiger partial charge is 0.363 e. The first kappa shape index (κ1) is 17.2. The Morgan fingerprint density at radius 2 is 1.92 bits per heavy atom. The minimum atomic E-state index is 0.109. The van der Waals surface area contributed by atoms with Gasteiger partial charge >= 0.3 is 0 Å². The molecule has 1 fully saturated rings. The van der Waals surface area contributed by atoms with E-state index < -0.39 is 0 Å². The molecule has 0 unspecified atom stereocenters. The van der Waals surface area contributed by atoms with Gasteiger partial charge in [0.15, 0.2) is 0 Å². The number of aryl methyl sites for hydroxylation is 1. The first-order valence-corrected chi connectivity index (χ1v) is 9.42. The van der Waals surface area contributed by atoms with E-state index in [4.69, 9.17) is 0 Å². The van der Waals surface area contributed by atoms with Gasteiger partial charge in [-0.2, -0.15) is 0 Å². The second-order valence-electron chi connectivity index (χ2n) is 5.93. The summed E-state index contributed by atoms with van der Waals surface area (Å²) in [5, 5.41) is 1.94. The molecule has 0 atom stereocenters. The molecule has 1 aliphatic rings. The number of rotatable bonds is 3. The van der Waals surface area contributed by atoms with Crippen molar-refractivity contribution in [2.24, 2.45) is 0 Å². The number of aromatic nitrogens is 2. The maximum atomic E-state index is 12.5. The van der Waals surface area contributed by atoms with Crippen molar-refractivity contribution >= 4 is 44.8 Å². The highest BCUT2D eigenvalue weighted by Gasteiger charge is 2.24. The van der Waals surface area contributed by atoms with Crippen molar-refractivity contribution in [1.29, 1.82) is 0 Å². The van der Waals surface area contributed by atoms with Crippen LogP contribution in [0.15, 0.2) is 22.0 Å². The highest BCUT2D eigenvalue weighted by Crippen LogP contribution is 2.23. The van der Waals surface area contributed by atoms with Crippen LogP contribution in [0.1, 0.15) is 15.5 Å². The van der Waals surface area contributed by atoms with Gasteiger partial charge in [0.2, 0.25) is 0 Å². The number of hydrogen-bond acceptors (Lipinski definition) is 6. The van der Waals surface area contributed by atoms with E-state index in [0.717, 1.165) is 39.9 Å². The van der Waals surface area contributed by atoms with Gasteiger partial charge in [0, 0.05) is 56.2 Å². The molecule has 0 aliphatic carbocycles. The third kappa shape index (κ3) is 3.70. The molecule has 24 heavy (non-hydrogen) atoms. The summed E-state index contributed by atoms with van der Waals surface area (Å²) in [6.07, 6.45) is 0. The molecule has 1 aliphatic heterocycles. The number of nitrogens with zero attached hydrogens (tertiary/aromatic N) is 5. The molecule has 1 saturated heterocycles. The lowest BCUT2D eigenvalue weighted by Gasteiger charge is -2.35. The lowest BCUT2D eigenvalue weighted by Crippen LogP contribution is -2.49. The lowest BCUT2D eigenvalue weighted by atomic mass is 10.3. The van der Waals surface area contributed by atoms with Gasteiger partial charge < -0.3 is 14.7 Å². The van der Waals surface area contributed by atoms with Crippen LogP contribution in [0.3, 0.4) is 0 Å². The van der Waals surface area contributed by atoms with Crippen LogP contribution in [-0.4, -0.2) is 61.0 Å². The van der Waals surface area contributed by atoms with Crippen molar-refractivity contribution in [1.82, 2.24) is 14.9 Å². The summed E-state index contributed by atoms with van der Waals surface area (Å²) in [5.41, 5.74) is 0. The number of anilines is 2. The van der Waals surface area contributed by atoms with Gasteiger partial charge in [-0.25, -0.2) is 9.97 Å². The zero-order valence-corrected chi connectivity index (χ0v) is 16.4. The van der Waals surface area contributed by atoms with Crippen LogP contribution in [0, 0.1) is 6.92 Å². The quantitative estimate of drug-likeness (QED) is 0.779. The molecule has 3 heterocycles. The number of piperazine rings is 1. The first-order chi connectivity index (χ1) is 11.4. The summed E-state index contributed by atoms with van der Waals surface area (Å²) in [6, 6.07) is 3.89. The van der Waals surface area contributed by atoms with Crippen molar-refractivity contribution < 1.29 is 4.79 Å². The van der Waals surface area contributed by atoms with E-state index >= 15 is 0 Å². The molecule has 2 aromatic rings. The van der Waals surface area contributed by atoms with E-state index in [9.17, 15) is 4.79 Å². The fourth-order valence-electron chi connectivity index (χ4n) is 2.65. The summed E-state index contributed by atoms with van der Waals surface area (Å²) in [7, 11) is 3.95. The molecule has 0 radical (unpaired) electrons. The third-order valence-corrected chi connectivity index (χ3v) is 5.62. The Bertz CT molecular complexity index is 740. The van der Waals surface area contributed by atoms with E-state index in [1.807, 2.05) is 48.3 Å². The molecule has 0 aromatic carbocycles. The van der Waals surface area contributed by atoms with Crippen LogP contribution in [0.5, 0.6) is 0 Å². The van der Waals surface area contributed by atoms with E-state index in [2.05, 4.69) is 30.8 Å². The van der Waals surface area contributed by atoms with Crippen molar-refractivity contribution in [3.63, 3.8) is 0 Å². The SMILES string of the molecule is Cc1nc(N(C)C)cc(N2CCN(C(=O)c3cc(Br)cs3)CC2)n1. The molecule has 0 bridgehead atoms. The molecule has 8 heteroatoms. The summed E-state index contributed by atoms with van der Waals surface area (Å²) in [6.45, 7) is 4.87. The molecule has 2 aromatic heterocycles. The number of amides is 1. The molecular weight excluding hydrogens is 390 g/mol. The minimum Gasteiger partial charge on any atom is -0.363 e. The molecular formula is C16H20BrN5OS.